The number of aromatic nitrogens is 2. The van der Waals surface area contributed by atoms with Gasteiger partial charge in [0, 0.05) is 17.5 Å². The van der Waals surface area contributed by atoms with Crippen molar-refractivity contribution in [3.05, 3.63) is 34.9 Å². The number of fused-ring (bicyclic) bond motifs is 4. The van der Waals surface area contributed by atoms with Gasteiger partial charge in [-0.15, -0.1) is 10.2 Å². The van der Waals surface area contributed by atoms with Crippen molar-refractivity contribution in [2.45, 2.75) is 76.2 Å². The Morgan fingerprint density at radius 3 is 2.79 bits per heavy atom. The molecule has 0 radical (unpaired) electrons. The van der Waals surface area contributed by atoms with E-state index in [1.54, 1.807) is 6.07 Å². The summed E-state index contributed by atoms with van der Waals surface area (Å²) in [6.45, 7) is 1.96. The third-order valence-electron chi connectivity index (χ3n) is 6.44. The van der Waals surface area contributed by atoms with Crippen molar-refractivity contribution in [2.75, 3.05) is 5.32 Å². The van der Waals surface area contributed by atoms with Gasteiger partial charge in [-0.3, -0.25) is 0 Å². The van der Waals surface area contributed by atoms with E-state index in [0.717, 1.165) is 78.7 Å². The minimum absolute atomic E-state index is 0.00454. The first-order chi connectivity index (χ1) is 13.6. The fourth-order valence-corrected chi connectivity index (χ4v) is 4.95. The molecule has 148 valence electrons. The SMILES string of the molecule is Cc1ccc(-c2nnc(N[C@@H]3CCCC[C@H]3O)c3c2CC2CCC3O2)c(O)c1. The van der Waals surface area contributed by atoms with Gasteiger partial charge >= 0.3 is 0 Å². The molecule has 1 aromatic heterocycles. The predicted molar refractivity (Wildman–Crippen MR) is 106 cm³/mol. The molecule has 0 amide bonds. The number of hydrogen-bond acceptors (Lipinski definition) is 6. The number of phenolic OH excluding ortho intramolecular Hbond substituents is 1. The van der Waals surface area contributed by atoms with E-state index in [0.29, 0.717) is 0 Å². The summed E-state index contributed by atoms with van der Waals surface area (Å²) in [7, 11) is 0. The maximum absolute atomic E-state index is 10.5. The number of nitrogens with one attached hydrogen (secondary N) is 1. The van der Waals surface area contributed by atoms with Crippen molar-refractivity contribution in [3.8, 4) is 17.0 Å². The summed E-state index contributed by atoms with van der Waals surface area (Å²) in [6, 6.07) is 5.68. The Kier molecular flexibility index (Phi) is 4.48. The first-order valence-corrected chi connectivity index (χ1v) is 10.4. The number of rotatable bonds is 3. The molecule has 4 atom stereocenters. The zero-order valence-electron chi connectivity index (χ0n) is 16.2. The molecule has 6 heteroatoms. The standard InChI is InChI=1S/C22H27N3O3/c1-12-6-8-14(18(27)10-12)21-15-11-13-7-9-19(28-13)20(15)22(25-24-21)23-16-4-2-3-5-17(16)26/h6,8,10,13,16-17,19,26-27H,2-5,7,9,11H2,1H3,(H,23,25)/t13?,16-,17-,19?/m1/s1. The van der Waals surface area contributed by atoms with Gasteiger partial charge in [0.25, 0.3) is 0 Å². The van der Waals surface area contributed by atoms with Crippen molar-refractivity contribution in [3.63, 3.8) is 0 Å². The number of aliphatic hydroxyl groups excluding tert-OH is 1. The predicted octanol–water partition coefficient (Wildman–Crippen LogP) is 3.65. The number of nitrogens with zero attached hydrogens (tertiary/aromatic N) is 2. The van der Waals surface area contributed by atoms with Crippen LogP contribution in [0.3, 0.4) is 0 Å². The Labute approximate surface area is 165 Å². The van der Waals surface area contributed by atoms with Crippen LogP contribution in [0.1, 0.15) is 61.3 Å². The second kappa shape index (κ2) is 7.01. The number of aryl methyl sites for hydroxylation is 1. The summed E-state index contributed by atoms with van der Waals surface area (Å²) in [5, 5.41) is 33.4. The van der Waals surface area contributed by atoms with Crippen molar-refractivity contribution in [1.29, 1.82) is 0 Å². The smallest absolute Gasteiger partial charge is 0.155 e. The van der Waals surface area contributed by atoms with Gasteiger partial charge in [-0.1, -0.05) is 18.9 Å². The van der Waals surface area contributed by atoms with Crippen LogP contribution in [0, 0.1) is 6.92 Å². The van der Waals surface area contributed by atoms with Crippen LogP contribution in [-0.2, 0) is 11.2 Å². The largest absolute Gasteiger partial charge is 0.507 e. The molecule has 2 fully saturated rings. The number of hydrogen-bond donors (Lipinski definition) is 3. The Morgan fingerprint density at radius 2 is 1.96 bits per heavy atom. The minimum atomic E-state index is -0.354. The molecule has 6 nitrogen and oxygen atoms in total. The lowest BCUT2D eigenvalue weighted by Gasteiger charge is -2.32. The van der Waals surface area contributed by atoms with Gasteiger partial charge in [-0.05, 0) is 55.9 Å². The Hall–Kier alpha value is -2.18. The lowest BCUT2D eigenvalue weighted by atomic mass is 9.91. The van der Waals surface area contributed by atoms with E-state index >= 15 is 0 Å². The first kappa shape index (κ1) is 17.9. The van der Waals surface area contributed by atoms with E-state index in [2.05, 4.69) is 15.5 Å². The third kappa shape index (κ3) is 3.05. The van der Waals surface area contributed by atoms with E-state index in [9.17, 15) is 10.2 Å². The topological polar surface area (TPSA) is 87.5 Å². The molecular formula is C22H27N3O3. The molecule has 5 rings (SSSR count). The van der Waals surface area contributed by atoms with Crippen LogP contribution in [0.25, 0.3) is 11.3 Å². The second-order valence-corrected chi connectivity index (χ2v) is 8.44. The highest BCUT2D eigenvalue weighted by atomic mass is 16.5. The average Bonchev–Trinajstić information content (AvgIpc) is 3.05. The summed E-state index contributed by atoms with van der Waals surface area (Å²) in [6.07, 6.45) is 6.61. The van der Waals surface area contributed by atoms with E-state index in [1.165, 1.54) is 0 Å². The molecule has 2 unspecified atom stereocenters. The minimum Gasteiger partial charge on any atom is -0.507 e. The normalized spacial score (nSPS) is 28.8. The van der Waals surface area contributed by atoms with Gasteiger partial charge in [0.05, 0.1) is 24.4 Å². The van der Waals surface area contributed by atoms with Crippen LogP contribution < -0.4 is 5.32 Å². The molecule has 2 aliphatic heterocycles. The monoisotopic (exact) mass is 381 g/mol. The molecule has 3 aliphatic rings. The lowest BCUT2D eigenvalue weighted by molar-refractivity contribution is 0.0324. The van der Waals surface area contributed by atoms with Crippen molar-refractivity contribution < 1.29 is 14.9 Å². The van der Waals surface area contributed by atoms with Gasteiger partial charge < -0.3 is 20.3 Å². The summed E-state index contributed by atoms with van der Waals surface area (Å²) in [5.74, 6) is 0.973. The van der Waals surface area contributed by atoms with Crippen LogP contribution in [0.2, 0.25) is 0 Å². The zero-order chi connectivity index (χ0) is 19.3. The Morgan fingerprint density at radius 1 is 1.11 bits per heavy atom. The molecule has 1 saturated heterocycles. The molecule has 28 heavy (non-hydrogen) atoms. The number of anilines is 1. The maximum Gasteiger partial charge on any atom is 0.155 e. The van der Waals surface area contributed by atoms with Crippen molar-refractivity contribution >= 4 is 5.82 Å². The average molecular weight is 381 g/mol. The molecule has 3 heterocycles. The van der Waals surface area contributed by atoms with E-state index < -0.39 is 0 Å². The van der Waals surface area contributed by atoms with Gasteiger partial charge in [-0.25, -0.2) is 0 Å². The third-order valence-corrected chi connectivity index (χ3v) is 6.44. The molecule has 3 N–H and O–H groups in total. The number of aliphatic hydroxyl groups is 1. The number of benzene rings is 1. The Balaban J connectivity index is 1.59. The molecule has 1 aromatic carbocycles. The highest BCUT2D eigenvalue weighted by Gasteiger charge is 2.39. The molecule has 0 spiro atoms. The highest BCUT2D eigenvalue weighted by molar-refractivity contribution is 5.73. The Bertz CT molecular complexity index is 901. The summed E-state index contributed by atoms with van der Waals surface area (Å²) >= 11 is 0. The quantitative estimate of drug-likeness (QED) is 0.752. The van der Waals surface area contributed by atoms with Crippen LogP contribution >= 0.6 is 0 Å². The summed E-state index contributed by atoms with van der Waals surface area (Å²) in [4.78, 5) is 0. The molecule has 1 aliphatic carbocycles. The number of phenols is 1. The zero-order valence-corrected chi connectivity index (χ0v) is 16.2. The summed E-state index contributed by atoms with van der Waals surface area (Å²) < 4.78 is 6.19. The summed E-state index contributed by atoms with van der Waals surface area (Å²) in [5.41, 5.74) is 4.68. The molecule has 2 bridgehead atoms. The van der Waals surface area contributed by atoms with E-state index in [4.69, 9.17) is 4.74 Å². The van der Waals surface area contributed by atoms with Crippen molar-refractivity contribution in [2.24, 2.45) is 0 Å². The fourth-order valence-electron chi connectivity index (χ4n) is 4.95. The van der Waals surface area contributed by atoms with Gasteiger partial charge in [0.2, 0.25) is 0 Å². The fraction of sp³-hybridized carbons (Fsp3) is 0.545. The van der Waals surface area contributed by atoms with E-state index in [-0.39, 0.29) is 30.1 Å². The van der Waals surface area contributed by atoms with Gasteiger partial charge in [0.15, 0.2) is 5.82 Å². The first-order valence-electron chi connectivity index (χ1n) is 10.4. The molecule has 1 saturated carbocycles. The highest BCUT2D eigenvalue weighted by Crippen LogP contribution is 2.47. The van der Waals surface area contributed by atoms with Crippen molar-refractivity contribution in [1.82, 2.24) is 10.2 Å². The molecule has 2 aromatic rings. The van der Waals surface area contributed by atoms with E-state index in [1.807, 2.05) is 19.1 Å². The van der Waals surface area contributed by atoms with Crippen LogP contribution in [0.5, 0.6) is 5.75 Å². The van der Waals surface area contributed by atoms with Gasteiger partial charge in [0.1, 0.15) is 11.4 Å². The van der Waals surface area contributed by atoms with Crippen LogP contribution in [-0.4, -0.2) is 38.7 Å². The van der Waals surface area contributed by atoms with Crippen LogP contribution in [0.15, 0.2) is 18.2 Å². The molecular weight excluding hydrogens is 354 g/mol. The van der Waals surface area contributed by atoms with Gasteiger partial charge in [-0.2, -0.15) is 0 Å². The number of aromatic hydroxyl groups is 1. The maximum atomic E-state index is 10.5. The second-order valence-electron chi connectivity index (χ2n) is 8.44. The number of ether oxygens (including phenoxy) is 1. The lowest BCUT2D eigenvalue weighted by Crippen LogP contribution is -2.37. The van der Waals surface area contributed by atoms with Crippen LogP contribution in [0.4, 0.5) is 5.82 Å².